The predicted molar refractivity (Wildman–Crippen MR) is 98.4 cm³/mol. The van der Waals surface area contributed by atoms with Crippen molar-refractivity contribution in [1.29, 1.82) is 0 Å². The number of thioether (sulfide) groups is 1. The maximum Gasteiger partial charge on any atom is 0.256 e. The number of carbonyl (C=O) groups excluding carboxylic acids is 1. The van der Waals surface area contributed by atoms with Gasteiger partial charge in [-0.3, -0.25) is 4.79 Å². The molecule has 1 aliphatic rings. The van der Waals surface area contributed by atoms with Gasteiger partial charge in [-0.15, -0.1) is 0 Å². The average Bonchev–Trinajstić information content (AvgIpc) is 3.31. The minimum Gasteiger partial charge on any atom is -0.454 e. The molecule has 1 amide bonds. The smallest absolute Gasteiger partial charge is 0.256 e. The van der Waals surface area contributed by atoms with Crippen LogP contribution in [0.5, 0.6) is 11.5 Å². The van der Waals surface area contributed by atoms with Crippen LogP contribution in [0, 0.1) is 5.82 Å². The lowest BCUT2D eigenvalue weighted by Crippen LogP contribution is -2.22. The fourth-order valence-corrected chi connectivity index (χ4v) is 3.20. The Kier molecular flexibility index (Phi) is 4.72. The number of nitrogens with zero attached hydrogens (tertiary/aromatic N) is 1. The van der Waals surface area contributed by atoms with Crippen LogP contribution < -0.4 is 14.8 Å². The highest BCUT2D eigenvalue weighted by Gasteiger charge is 2.20. The van der Waals surface area contributed by atoms with Gasteiger partial charge in [0, 0.05) is 17.3 Å². The molecule has 138 valence electrons. The van der Waals surface area contributed by atoms with Crippen molar-refractivity contribution in [3.8, 4) is 22.8 Å². The molecule has 3 aromatic rings. The van der Waals surface area contributed by atoms with Gasteiger partial charge in [0.2, 0.25) is 12.7 Å². The summed E-state index contributed by atoms with van der Waals surface area (Å²) < 4.78 is 29.2. The molecule has 1 aliphatic heterocycles. The van der Waals surface area contributed by atoms with E-state index < -0.39 is 5.25 Å². The molecule has 0 radical (unpaired) electrons. The number of nitrogens with one attached hydrogen (secondary N) is 1. The van der Waals surface area contributed by atoms with Gasteiger partial charge in [0.15, 0.2) is 17.3 Å². The lowest BCUT2D eigenvalue weighted by molar-refractivity contribution is -0.115. The minimum atomic E-state index is -0.435. The van der Waals surface area contributed by atoms with Crippen molar-refractivity contribution < 1.29 is 23.1 Å². The molecule has 0 saturated carbocycles. The Hall–Kier alpha value is -3.00. The van der Waals surface area contributed by atoms with E-state index >= 15 is 0 Å². The van der Waals surface area contributed by atoms with Crippen molar-refractivity contribution in [2.24, 2.45) is 0 Å². The number of fused-ring (bicyclic) bond motifs is 1. The molecular weight excluding hydrogens is 371 g/mol. The Balaban J connectivity index is 1.39. The van der Waals surface area contributed by atoms with Crippen LogP contribution in [0.15, 0.2) is 58.3 Å². The van der Waals surface area contributed by atoms with Gasteiger partial charge in [-0.1, -0.05) is 11.8 Å². The van der Waals surface area contributed by atoms with Crippen molar-refractivity contribution >= 4 is 23.4 Å². The molecule has 27 heavy (non-hydrogen) atoms. The molecule has 1 unspecified atom stereocenters. The summed E-state index contributed by atoms with van der Waals surface area (Å²) in [5.74, 6) is 1.26. The first kappa shape index (κ1) is 17.4. The third kappa shape index (κ3) is 3.90. The molecule has 6 nitrogen and oxygen atoms in total. The van der Waals surface area contributed by atoms with Gasteiger partial charge in [0.25, 0.3) is 5.22 Å². The van der Waals surface area contributed by atoms with E-state index in [2.05, 4.69) is 10.3 Å². The van der Waals surface area contributed by atoms with E-state index in [-0.39, 0.29) is 18.5 Å². The van der Waals surface area contributed by atoms with Gasteiger partial charge >= 0.3 is 0 Å². The fraction of sp³-hybridized carbons (Fsp3) is 0.158. The van der Waals surface area contributed by atoms with Crippen LogP contribution in [0.1, 0.15) is 6.92 Å². The van der Waals surface area contributed by atoms with E-state index in [0.29, 0.717) is 33.7 Å². The second-order valence-electron chi connectivity index (χ2n) is 5.81. The monoisotopic (exact) mass is 386 g/mol. The number of benzene rings is 2. The molecule has 1 atom stereocenters. The Morgan fingerprint density at radius 3 is 2.78 bits per heavy atom. The van der Waals surface area contributed by atoms with E-state index in [9.17, 15) is 9.18 Å². The summed E-state index contributed by atoms with van der Waals surface area (Å²) in [6.45, 7) is 1.94. The highest BCUT2D eigenvalue weighted by Crippen LogP contribution is 2.34. The van der Waals surface area contributed by atoms with E-state index in [1.54, 1.807) is 43.5 Å². The number of halogens is 1. The molecular formula is C19H15FN2O4S. The van der Waals surface area contributed by atoms with Gasteiger partial charge in [0.05, 0.1) is 11.4 Å². The fourth-order valence-electron chi connectivity index (χ4n) is 2.48. The Morgan fingerprint density at radius 2 is 1.96 bits per heavy atom. The number of oxazole rings is 1. The summed E-state index contributed by atoms with van der Waals surface area (Å²) in [4.78, 5) is 16.6. The first-order valence-corrected chi connectivity index (χ1v) is 9.05. The highest BCUT2D eigenvalue weighted by molar-refractivity contribution is 8.00. The van der Waals surface area contributed by atoms with Gasteiger partial charge < -0.3 is 19.2 Å². The number of ether oxygens (including phenoxy) is 2. The maximum atomic E-state index is 13.0. The van der Waals surface area contributed by atoms with Crippen molar-refractivity contribution in [3.63, 3.8) is 0 Å². The molecule has 0 spiro atoms. The number of rotatable bonds is 5. The van der Waals surface area contributed by atoms with E-state index in [0.717, 1.165) is 0 Å². The van der Waals surface area contributed by atoms with Gasteiger partial charge in [0.1, 0.15) is 5.82 Å². The zero-order valence-corrected chi connectivity index (χ0v) is 15.1. The summed E-state index contributed by atoms with van der Waals surface area (Å²) >= 11 is 1.20. The normalized spacial score (nSPS) is 13.4. The Bertz CT molecular complexity index is 974. The van der Waals surface area contributed by atoms with Crippen LogP contribution >= 0.6 is 11.8 Å². The zero-order valence-electron chi connectivity index (χ0n) is 14.3. The molecule has 4 rings (SSSR count). The van der Waals surface area contributed by atoms with Crippen LogP contribution in [0.25, 0.3) is 11.3 Å². The Labute approximate surface area is 158 Å². The largest absolute Gasteiger partial charge is 0.454 e. The molecule has 0 fully saturated rings. The summed E-state index contributed by atoms with van der Waals surface area (Å²) in [7, 11) is 0. The molecule has 1 aromatic heterocycles. The summed E-state index contributed by atoms with van der Waals surface area (Å²) in [5.41, 5.74) is 1.34. The van der Waals surface area contributed by atoms with Crippen molar-refractivity contribution in [2.45, 2.75) is 17.4 Å². The quantitative estimate of drug-likeness (QED) is 0.658. The van der Waals surface area contributed by atoms with Crippen LogP contribution in [0.3, 0.4) is 0 Å². The number of hydrogen-bond donors (Lipinski definition) is 1. The first-order valence-electron chi connectivity index (χ1n) is 8.17. The summed E-state index contributed by atoms with van der Waals surface area (Å²) in [5, 5.41) is 2.76. The van der Waals surface area contributed by atoms with E-state index in [4.69, 9.17) is 13.9 Å². The van der Waals surface area contributed by atoms with Gasteiger partial charge in [-0.05, 0) is 43.3 Å². The van der Waals surface area contributed by atoms with Crippen LogP contribution in [-0.2, 0) is 4.79 Å². The molecule has 0 saturated heterocycles. The van der Waals surface area contributed by atoms with Crippen LogP contribution in [0.2, 0.25) is 0 Å². The molecule has 0 aliphatic carbocycles. The number of hydrogen-bond acceptors (Lipinski definition) is 6. The number of aromatic nitrogens is 1. The lowest BCUT2D eigenvalue weighted by atomic mass is 10.2. The lowest BCUT2D eigenvalue weighted by Gasteiger charge is -2.10. The molecule has 0 bridgehead atoms. The third-order valence-corrected chi connectivity index (χ3v) is 4.86. The SMILES string of the molecule is CC(Sc1ncc(-c2ccc(F)cc2)o1)C(=O)Nc1ccc2c(c1)OCO2. The second-order valence-corrected chi connectivity index (χ2v) is 7.11. The molecule has 1 N–H and O–H groups in total. The number of amides is 1. The summed E-state index contributed by atoms with van der Waals surface area (Å²) in [6, 6.07) is 11.1. The van der Waals surface area contributed by atoms with Crippen molar-refractivity contribution in [1.82, 2.24) is 4.98 Å². The number of carbonyl (C=O) groups is 1. The topological polar surface area (TPSA) is 73.6 Å². The van der Waals surface area contributed by atoms with Gasteiger partial charge in [-0.25, -0.2) is 9.37 Å². The zero-order chi connectivity index (χ0) is 18.8. The van der Waals surface area contributed by atoms with E-state index in [1.165, 1.54) is 23.9 Å². The van der Waals surface area contributed by atoms with Crippen molar-refractivity contribution in [2.75, 3.05) is 12.1 Å². The third-order valence-electron chi connectivity index (χ3n) is 3.90. The highest BCUT2D eigenvalue weighted by atomic mass is 32.2. The van der Waals surface area contributed by atoms with Gasteiger partial charge in [-0.2, -0.15) is 0 Å². The first-order chi connectivity index (χ1) is 13.1. The minimum absolute atomic E-state index is 0.180. The molecule has 2 heterocycles. The van der Waals surface area contributed by atoms with Crippen LogP contribution in [-0.4, -0.2) is 22.9 Å². The Morgan fingerprint density at radius 1 is 1.19 bits per heavy atom. The average molecular weight is 386 g/mol. The summed E-state index contributed by atoms with van der Waals surface area (Å²) in [6.07, 6.45) is 1.55. The predicted octanol–water partition coefficient (Wildman–Crippen LogP) is 4.33. The second kappa shape index (κ2) is 7.32. The molecule has 2 aromatic carbocycles. The number of anilines is 1. The standard InChI is InChI=1S/C19H15FN2O4S/c1-11(18(23)22-14-6-7-15-16(8-14)25-10-24-15)27-19-21-9-17(26-19)12-2-4-13(20)5-3-12/h2-9,11H,10H2,1H3,(H,22,23). The van der Waals surface area contributed by atoms with Crippen molar-refractivity contribution in [3.05, 3.63) is 54.5 Å². The van der Waals surface area contributed by atoms with E-state index in [1.807, 2.05) is 0 Å². The maximum absolute atomic E-state index is 13.0. The molecule has 8 heteroatoms. The van der Waals surface area contributed by atoms with Crippen LogP contribution in [0.4, 0.5) is 10.1 Å².